The smallest absolute Gasteiger partial charge is 0.348 e. The van der Waals surface area contributed by atoms with Crippen molar-refractivity contribution in [2.45, 2.75) is 19.9 Å². The van der Waals surface area contributed by atoms with Gasteiger partial charge in [0.15, 0.2) is 0 Å². The summed E-state index contributed by atoms with van der Waals surface area (Å²) in [4.78, 5) is 17.5. The number of hydrogen-bond donors (Lipinski definition) is 2. The third-order valence-corrected chi connectivity index (χ3v) is 2.56. The summed E-state index contributed by atoms with van der Waals surface area (Å²) < 4.78 is 0. The van der Waals surface area contributed by atoms with Crippen LogP contribution in [0.1, 0.15) is 13.8 Å². The van der Waals surface area contributed by atoms with Gasteiger partial charge in [-0.05, 0) is 5.92 Å². The van der Waals surface area contributed by atoms with Crippen LogP contribution in [0.5, 0.6) is 0 Å². The highest BCUT2D eigenvalue weighted by molar-refractivity contribution is 6.31. The molecule has 0 radical (unpaired) electrons. The molecule has 1 aromatic rings. The van der Waals surface area contributed by atoms with Crippen molar-refractivity contribution in [3.8, 4) is 0 Å². The van der Waals surface area contributed by atoms with Crippen LogP contribution in [-0.2, 0) is 0 Å². The van der Waals surface area contributed by atoms with Crippen LogP contribution in [0.2, 0.25) is 5.15 Å². The minimum absolute atomic E-state index is 0.0164. The van der Waals surface area contributed by atoms with Crippen LogP contribution in [0.4, 0.5) is 11.5 Å². The van der Waals surface area contributed by atoms with E-state index in [1.165, 1.54) is 0 Å². The van der Waals surface area contributed by atoms with Gasteiger partial charge in [-0.1, -0.05) is 25.4 Å². The maximum absolute atomic E-state index is 10.8. The molecule has 0 aromatic carbocycles. The number of aromatic nitrogens is 2. The van der Waals surface area contributed by atoms with Crippen LogP contribution in [0.3, 0.4) is 0 Å². The van der Waals surface area contributed by atoms with Crippen LogP contribution >= 0.6 is 11.6 Å². The molecule has 94 valence electrons. The Labute approximate surface area is 103 Å². The van der Waals surface area contributed by atoms with Crippen molar-refractivity contribution in [3.05, 3.63) is 21.6 Å². The average molecular weight is 261 g/mol. The number of hydrogen-bond acceptors (Lipinski definition) is 6. The van der Waals surface area contributed by atoms with Crippen molar-refractivity contribution >= 4 is 23.1 Å². The Bertz CT molecular complexity index is 413. The number of anilines is 1. The molecule has 0 unspecified atom stereocenters. The Morgan fingerprint density at radius 1 is 1.59 bits per heavy atom. The van der Waals surface area contributed by atoms with E-state index in [4.69, 9.17) is 16.7 Å². The lowest BCUT2D eigenvalue weighted by Gasteiger charge is -2.20. The zero-order valence-corrected chi connectivity index (χ0v) is 10.2. The van der Waals surface area contributed by atoms with E-state index in [0.29, 0.717) is 0 Å². The Hall–Kier alpha value is -1.47. The van der Waals surface area contributed by atoms with Crippen LogP contribution in [0.25, 0.3) is 0 Å². The van der Waals surface area contributed by atoms with Gasteiger partial charge in [0.25, 0.3) is 0 Å². The summed E-state index contributed by atoms with van der Waals surface area (Å²) in [5.74, 6) is 0.107. The molecule has 1 rings (SSSR count). The molecule has 1 heterocycles. The summed E-state index contributed by atoms with van der Waals surface area (Å²) in [6.45, 7) is 3.60. The van der Waals surface area contributed by atoms with Gasteiger partial charge < -0.3 is 10.4 Å². The SMILES string of the molecule is CC(C)[C@@H](CO)Nc1ncnc(Cl)c1[N+](=O)[O-]. The zero-order valence-electron chi connectivity index (χ0n) is 9.42. The standard InChI is InChI=1S/C9H13ClN4O3/c1-5(2)6(3-15)13-9-7(14(16)17)8(10)11-4-12-9/h4-6,15H,3H2,1-2H3,(H,11,12,13)/t6-/m1/s1. The Balaban J connectivity index is 3.05. The molecule has 0 bridgehead atoms. The summed E-state index contributed by atoms with van der Waals surface area (Å²) in [5.41, 5.74) is -0.381. The van der Waals surface area contributed by atoms with Gasteiger partial charge in [0.1, 0.15) is 6.33 Å². The number of rotatable bonds is 5. The van der Waals surface area contributed by atoms with Gasteiger partial charge in [0.05, 0.1) is 17.6 Å². The van der Waals surface area contributed by atoms with Crippen molar-refractivity contribution in [2.75, 3.05) is 11.9 Å². The minimum Gasteiger partial charge on any atom is -0.394 e. The topological polar surface area (TPSA) is 101 Å². The second-order valence-electron chi connectivity index (χ2n) is 3.80. The predicted octanol–water partition coefficient (Wildman–Crippen LogP) is 1.47. The van der Waals surface area contributed by atoms with E-state index in [2.05, 4.69) is 15.3 Å². The highest BCUT2D eigenvalue weighted by atomic mass is 35.5. The summed E-state index contributed by atoms with van der Waals surface area (Å²) in [6.07, 6.45) is 1.13. The second-order valence-corrected chi connectivity index (χ2v) is 4.15. The van der Waals surface area contributed by atoms with Crippen molar-refractivity contribution in [2.24, 2.45) is 5.92 Å². The molecule has 0 saturated carbocycles. The number of nitrogens with zero attached hydrogens (tertiary/aromatic N) is 3. The zero-order chi connectivity index (χ0) is 13.0. The van der Waals surface area contributed by atoms with Gasteiger partial charge >= 0.3 is 5.69 Å². The number of aliphatic hydroxyl groups is 1. The van der Waals surface area contributed by atoms with Crippen molar-refractivity contribution in [1.29, 1.82) is 0 Å². The first kappa shape index (κ1) is 13.6. The first-order chi connectivity index (χ1) is 7.97. The average Bonchev–Trinajstić information content (AvgIpc) is 2.24. The fourth-order valence-electron chi connectivity index (χ4n) is 1.22. The van der Waals surface area contributed by atoms with E-state index in [1.54, 1.807) is 0 Å². The monoisotopic (exact) mass is 260 g/mol. The molecule has 0 aliphatic rings. The van der Waals surface area contributed by atoms with Crippen molar-refractivity contribution in [1.82, 2.24) is 9.97 Å². The van der Waals surface area contributed by atoms with Crippen LogP contribution in [-0.4, -0.2) is 32.6 Å². The minimum atomic E-state index is -0.653. The summed E-state index contributed by atoms with van der Waals surface area (Å²) >= 11 is 5.64. The highest BCUT2D eigenvalue weighted by Crippen LogP contribution is 2.29. The largest absolute Gasteiger partial charge is 0.394 e. The number of halogens is 1. The molecule has 0 fully saturated rings. The third kappa shape index (κ3) is 3.24. The number of nitrogens with one attached hydrogen (secondary N) is 1. The summed E-state index contributed by atoms with van der Waals surface area (Å²) in [5, 5.41) is 22.5. The van der Waals surface area contributed by atoms with Gasteiger partial charge in [-0.3, -0.25) is 10.1 Å². The molecule has 0 amide bonds. The molecule has 0 saturated heterocycles. The predicted molar refractivity (Wildman–Crippen MR) is 63.0 cm³/mol. The molecule has 0 spiro atoms. The second kappa shape index (κ2) is 5.74. The van der Waals surface area contributed by atoms with Crippen LogP contribution < -0.4 is 5.32 Å². The fraction of sp³-hybridized carbons (Fsp3) is 0.556. The van der Waals surface area contributed by atoms with Gasteiger partial charge in [0, 0.05) is 0 Å². The molecule has 0 aliphatic carbocycles. The maximum atomic E-state index is 10.8. The van der Waals surface area contributed by atoms with Gasteiger partial charge in [-0.25, -0.2) is 9.97 Å². The molecular formula is C9H13ClN4O3. The lowest BCUT2D eigenvalue weighted by molar-refractivity contribution is -0.384. The molecule has 7 nitrogen and oxygen atoms in total. The summed E-state index contributed by atoms with van der Waals surface area (Å²) in [7, 11) is 0. The van der Waals surface area contributed by atoms with Crippen molar-refractivity contribution < 1.29 is 10.0 Å². The lowest BCUT2D eigenvalue weighted by Crippen LogP contribution is -2.30. The molecular weight excluding hydrogens is 248 g/mol. The number of nitro groups is 1. The van der Waals surface area contributed by atoms with E-state index < -0.39 is 4.92 Å². The molecule has 1 atom stereocenters. The van der Waals surface area contributed by atoms with Gasteiger partial charge in [-0.15, -0.1) is 0 Å². The molecule has 8 heteroatoms. The summed E-state index contributed by atoms with van der Waals surface area (Å²) in [6, 6.07) is -0.334. The molecule has 17 heavy (non-hydrogen) atoms. The van der Waals surface area contributed by atoms with E-state index in [-0.39, 0.29) is 35.2 Å². The van der Waals surface area contributed by atoms with Gasteiger partial charge in [0.2, 0.25) is 11.0 Å². The van der Waals surface area contributed by atoms with E-state index in [1.807, 2.05) is 13.8 Å². The third-order valence-electron chi connectivity index (χ3n) is 2.28. The van der Waals surface area contributed by atoms with E-state index in [9.17, 15) is 10.1 Å². The quantitative estimate of drug-likeness (QED) is 0.472. The van der Waals surface area contributed by atoms with Crippen LogP contribution in [0.15, 0.2) is 6.33 Å². The lowest BCUT2D eigenvalue weighted by atomic mass is 10.1. The highest BCUT2D eigenvalue weighted by Gasteiger charge is 2.24. The number of aliphatic hydroxyl groups excluding tert-OH is 1. The van der Waals surface area contributed by atoms with Crippen molar-refractivity contribution in [3.63, 3.8) is 0 Å². The Morgan fingerprint density at radius 3 is 2.71 bits per heavy atom. The Kier molecular flexibility index (Phi) is 4.59. The van der Waals surface area contributed by atoms with Crippen LogP contribution in [0, 0.1) is 16.0 Å². The van der Waals surface area contributed by atoms with Gasteiger partial charge in [-0.2, -0.15) is 0 Å². The molecule has 0 aliphatic heterocycles. The fourth-order valence-corrected chi connectivity index (χ4v) is 1.43. The Morgan fingerprint density at radius 2 is 2.24 bits per heavy atom. The molecule has 1 aromatic heterocycles. The maximum Gasteiger partial charge on any atom is 0.348 e. The van der Waals surface area contributed by atoms with E-state index in [0.717, 1.165) is 6.33 Å². The normalized spacial score (nSPS) is 12.5. The first-order valence-corrected chi connectivity index (χ1v) is 5.37. The van der Waals surface area contributed by atoms with E-state index >= 15 is 0 Å². The first-order valence-electron chi connectivity index (χ1n) is 4.99. The molecule has 2 N–H and O–H groups in total.